The van der Waals surface area contributed by atoms with Crippen molar-refractivity contribution in [3.63, 3.8) is 0 Å². The highest BCUT2D eigenvalue weighted by molar-refractivity contribution is 4.89. The summed E-state index contributed by atoms with van der Waals surface area (Å²) in [6, 6.07) is 0. The van der Waals surface area contributed by atoms with Crippen LogP contribution in [0.15, 0.2) is 0 Å². The van der Waals surface area contributed by atoms with Gasteiger partial charge in [-0.1, -0.05) is 27.2 Å². The van der Waals surface area contributed by atoms with Gasteiger partial charge in [0.15, 0.2) is 0 Å². The number of piperidine rings is 1. The molecule has 2 nitrogen and oxygen atoms in total. The van der Waals surface area contributed by atoms with E-state index in [9.17, 15) is 5.11 Å². The molecule has 0 spiro atoms. The van der Waals surface area contributed by atoms with Gasteiger partial charge in [-0.15, -0.1) is 0 Å². The first-order valence-electron chi connectivity index (χ1n) is 7.39. The minimum Gasteiger partial charge on any atom is -0.392 e. The topological polar surface area (TPSA) is 23.5 Å². The summed E-state index contributed by atoms with van der Waals surface area (Å²) in [7, 11) is 0. The van der Waals surface area contributed by atoms with Crippen LogP contribution in [0.25, 0.3) is 0 Å². The van der Waals surface area contributed by atoms with Crippen LogP contribution in [0.3, 0.4) is 0 Å². The molecule has 1 saturated heterocycles. The van der Waals surface area contributed by atoms with Crippen LogP contribution in [-0.2, 0) is 0 Å². The zero-order chi connectivity index (χ0) is 12.5. The van der Waals surface area contributed by atoms with Gasteiger partial charge in [-0.3, -0.25) is 0 Å². The van der Waals surface area contributed by atoms with Crippen molar-refractivity contribution in [3.05, 3.63) is 0 Å². The molecule has 2 heteroatoms. The first-order chi connectivity index (χ1) is 7.99. The van der Waals surface area contributed by atoms with Gasteiger partial charge in [0.1, 0.15) is 0 Å². The van der Waals surface area contributed by atoms with Crippen LogP contribution in [0.2, 0.25) is 0 Å². The number of likely N-dealkylation sites (tertiary alicyclic amines) is 1. The van der Waals surface area contributed by atoms with Crippen molar-refractivity contribution in [3.8, 4) is 0 Å². The largest absolute Gasteiger partial charge is 0.392 e. The van der Waals surface area contributed by atoms with Crippen molar-refractivity contribution >= 4 is 0 Å². The minimum absolute atomic E-state index is 0.101. The fourth-order valence-corrected chi connectivity index (χ4v) is 3.53. The second-order valence-corrected chi connectivity index (χ2v) is 7.07. The lowest BCUT2D eigenvalue weighted by Gasteiger charge is -2.43. The van der Waals surface area contributed by atoms with E-state index < -0.39 is 0 Å². The molecule has 2 rings (SSSR count). The van der Waals surface area contributed by atoms with E-state index >= 15 is 0 Å². The number of hydrogen-bond donors (Lipinski definition) is 1. The first kappa shape index (κ1) is 13.4. The number of aliphatic hydroxyl groups excluding tert-OH is 1. The Morgan fingerprint density at radius 1 is 1.18 bits per heavy atom. The zero-order valence-corrected chi connectivity index (χ0v) is 11.8. The van der Waals surface area contributed by atoms with E-state index in [0.717, 1.165) is 12.5 Å². The number of nitrogens with zero attached hydrogens (tertiary/aromatic N) is 1. The van der Waals surface area contributed by atoms with Crippen LogP contribution in [0.4, 0.5) is 0 Å². The molecule has 1 heterocycles. The average molecular weight is 239 g/mol. The van der Waals surface area contributed by atoms with Gasteiger partial charge >= 0.3 is 0 Å². The molecule has 0 aromatic rings. The van der Waals surface area contributed by atoms with Crippen molar-refractivity contribution in [2.75, 3.05) is 19.6 Å². The maximum atomic E-state index is 10.5. The van der Waals surface area contributed by atoms with Crippen molar-refractivity contribution in [2.24, 2.45) is 17.3 Å². The quantitative estimate of drug-likeness (QED) is 0.801. The standard InChI is InChI=1S/C15H29NO/c1-12-6-9-16(10-7-12)11-13-5-4-8-15(2,3)14(13)17/h12-14,17H,4-11H2,1-3H3. The predicted molar refractivity (Wildman–Crippen MR) is 72.0 cm³/mol. The van der Waals surface area contributed by atoms with E-state index in [-0.39, 0.29) is 11.5 Å². The summed E-state index contributed by atoms with van der Waals surface area (Å²) in [4.78, 5) is 2.58. The van der Waals surface area contributed by atoms with Gasteiger partial charge in [0.25, 0.3) is 0 Å². The van der Waals surface area contributed by atoms with E-state index in [4.69, 9.17) is 0 Å². The van der Waals surface area contributed by atoms with Crippen molar-refractivity contribution in [1.29, 1.82) is 0 Å². The Kier molecular flexibility index (Phi) is 4.14. The van der Waals surface area contributed by atoms with Gasteiger partial charge in [-0.2, -0.15) is 0 Å². The zero-order valence-electron chi connectivity index (χ0n) is 11.8. The summed E-state index contributed by atoms with van der Waals surface area (Å²) in [5.74, 6) is 1.41. The molecule has 0 aromatic carbocycles. The van der Waals surface area contributed by atoms with Crippen molar-refractivity contribution in [1.82, 2.24) is 4.90 Å². The molecule has 1 N–H and O–H groups in total. The number of aliphatic hydroxyl groups is 1. The van der Waals surface area contributed by atoms with Crippen LogP contribution in [0.5, 0.6) is 0 Å². The summed E-state index contributed by atoms with van der Waals surface area (Å²) < 4.78 is 0. The molecule has 17 heavy (non-hydrogen) atoms. The second-order valence-electron chi connectivity index (χ2n) is 7.07. The second kappa shape index (κ2) is 5.27. The van der Waals surface area contributed by atoms with Gasteiger partial charge < -0.3 is 10.0 Å². The third-order valence-electron chi connectivity index (χ3n) is 5.01. The molecule has 0 radical (unpaired) electrons. The highest BCUT2D eigenvalue weighted by Gasteiger charge is 2.38. The highest BCUT2D eigenvalue weighted by Crippen LogP contribution is 2.39. The Hall–Kier alpha value is -0.0800. The summed E-state index contributed by atoms with van der Waals surface area (Å²) in [6.45, 7) is 10.4. The lowest BCUT2D eigenvalue weighted by atomic mass is 9.69. The summed E-state index contributed by atoms with van der Waals surface area (Å²) in [5.41, 5.74) is 0.131. The van der Waals surface area contributed by atoms with Crippen LogP contribution >= 0.6 is 0 Å². The van der Waals surface area contributed by atoms with E-state index in [1.54, 1.807) is 0 Å². The summed E-state index contributed by atoms with van der Waals surface area (Å²) >= 11 is 0. The Balaban J connectivity index is 1.86. The molecule has 2 fully saturated rings. The van der Waals surface area contributed by atoms with Crippen LogP contribution < -0.4 is 0 Å². The van der Waals surface area contributed by atoms with E-state index in [2.05, 4.69) is 25.7 Å². The molecule has 0 amide bonds. The molecular weight excluding hydrogens is 210 g/mol. The van der Waals surface area contributed by atoms with Gasteiger partial charge in [0, 0.05) is 6.54 Å². The molecular formula is C15H29NO. The van der Waals surface area contributed by atoms with Crippen molar-refractivity contribution in [2.45, 2.75) is 59.0 Å². The first-order valence-corrected chi connectivity index (χ1v) is 7.39. The summed E-state index contributed by atoms with van der Waals surface area (Å²) in [5, 5.41) is 10.5. The maximum absolute atomic E-state index is 10.5. The Morgan fingerprint density at radius 2 is 1.82 bits per heavy atom. The van der Waals surface area contributed by atoms with Crippen LogP contribution in [0.1, 0.15) is 52.9 Å². The minimum atomic E-state index is -0.101. The fourth-order valence-electron chi connectivity index (χ4n) is 3.53. The van der Waals surface area contributed by atoms with E-state index in [1.165, 1.54) is 45.2 Å². The van der Waals surface area contributed by atoms with Gasteiger partial charge in [-0.05, 0) is 56.0 Å². The number of hydrogen-bond acceptors (Lipinski definition) is 2. The van der Waals surface area contributed by atoms with Gasteiger partial charge in [0.2, 0.25) is 0 Å². The third-order valence-corrected chi connectivity index (χ3v) is 5.01. The molecule has 1 saturated carbocycles. The Labute approximate surface area is 106 Å². The normalized spacial score (nSPS) is 36.0. The molecule has 2 aliphatic rings. The Morgan fingerprint density at radius 3 is 2.47 bits per heavy atom. The van der Waals surface area contributed by atoms with E-state index in [0.29, 0.717) is 5.92 Å². The maximum Gasteiger partial charge on any atom is 0.0631 e. The van der Waals surface area contributed by atoms with Crippen molar-refractivity contribution < 1.29 is 5.11 Å². The molecule has 0 aromatic heterocycles. The number of rotatable bonds is 2. The molecule has 0 bridgehead atoms. The van der Waals surface area contributed by atoms with Crippen LogP contribution in [0, 0.1) is 17.3 Å². The molecule has 2 atom stereocenters. The lowest BCUT2D eigenvalue weighted by Crippen LogP contribution is -2.46. The average Bonchev–Trinajstić information content (AvgIpc) is 2.28. The lowest BCUT2D eigenvalue weighted by molar-refractivity contribution is -0.0452. The van der Waals surface area contributed by atoms with Crippen LogP contribution in [-0.4, -0.2) is 35.7 Å². The molecule has 1 aliphatic heterocycles. The molecule has 2 unspecified atom stereocenters. The smallest absolute Gasteiger partial charge is 0.0631 e. The Bertz CT molecular complexity index is 243. The predicted octanol–water partition coefficient (Wildman–Crippen LogP) is 2.91. The SMILES string of the molecule is CC1CCN(CC2CCCC(C)(C)C2O)CC1. The fraction of sp³-hybridized carbons (Fsp3) is 1.00. The third kappa shape index (κ3) is 3.23. The van der Waals surface area contributed by atoms with Gasteiger partial charge in [0.05, 0.1) is 6.10 Å². The highest BCUT2D eigenvalue weighted by atomic mass is 16.3. The molecule has 100 valence electrons. The summed E-state index contributed by atoms with van der Waals surface area (Å²) in [6.07, 6.45) is 6.27. The van der Waals surface area contributed by atoms with E-state index in [1.807, 2.05) is 0 Å². The monoisotopic (exact) mass is 239 g/mol. The molecule has 1 aliphatic carbocycles. The van der Waals surface area contributed by atoms with Gasteiger partial charge in [-0.25, -0.2) is 0 Å².